The third kappa shape index (κ3) is 3.43. The highest BCUT2D eigenvalue weighted by Crippen LogP contribution is 2.39. The van der Waals surface area contributed by atoms with Gasteiger partial charge < -0.3 is 14.4 Å². The molecule has 2 rings (SSSR count). The maximum atomic E-state index is 9.26. The normalized spacial score (nSPS) is 20.5. The van der Waals surface area contributed by atoms with Crippen molar-refractivity contribution in [2.24, 2.45) is 0 Å². The second-order valence-corrected chi connectivity index (χ2v) is 7.13. The predicted molar refractivity (Wildman–Crippen MR) is 95.0 cm³/mol. The third-order valence-corrected chi connectivity index (χ3v) is 4.99. The Morgan fingerprint density at radius 3 is 2.27 bits per heavy atom. The van der Waals surface area contributed by atoms with Crippen LogP contribution in [0.4, 0.5) is 0 Å². The molecule has 5 heteroatoms. The summed E-state index contributed by atoms with van der Waals surface area (Å²) in [6.45, 7) is 10.2. The maximum absolute atomic E-state index is 9.26. The Hall–Kier alpha value is -0.745. The molecule has 1 fully saturated rings. The lowest BCUT2D eigenvalue weighted by atomic mass is 9.78. The molecular weight excluding hydrogens is 295 g/mol. The lowest BCUT2D eigenvalue weighted by Gasteiger charge is -2.32. The zero-order chi connectivity index (χ0) is 16.5. The molecule has 1 aliphatic heterocycles. The first kappa shape index (κ1) is 17.6. The lowest BCUT2D eigenvalue weighted by Crippen LogP contribution is -2.41. The van der Waals surface area contributed by atoms with Gasteiger partial charge in [-0.3, -0.25) is 0 Å². The minimum absolute atomic E-state index is 0.0620. The van der Waals surface area contributed by atoms with Gasteiger partial charge in [0, 0.05) is 5.75 Å². The summed E-state index contributed by atoms with van der Waals surface area (Å²) in [5, 5.41) is 9.26. The Balaban J connectivity index is 2.27. The number of hydrogen-bond acceptors (Lipinski definition) is 4. The van der Waals surface area contributed by atoms with Gasteiger partial charge in [-0.1, -0.05) is 24.3 Å². The minimum atomic E-state index is -0.375. The molecule has 1 heterocycles. The molecule has 22 heavy (non-hydrogen) atoms. The van der Waals surface area contributed by atoms with Gasteiger partial charge in [-0.2, -0.15) is 12.6 Å². The summed E-state index contributed by atoms with van der Waals surface area (Å²) in [5.41, 5.74) is 3.38. The van der Waals surface area contributed by atoms with E-state index in [0.717, 1.165) is 22.2 Å². The summed E-state index contributed by atoms with van der Waals surface area (Å²) in [7, 11) is -0.375. The molecule has 1 saturated heterocycles. The molecule has 1 N–H and O–H groups in total. The van der Waals surface area contributed by atoms with Crippen molar-refractivity contribution in [1.82, 2.24) is 0 Å². The smallest absolute Gasteiger partial charge is 0.400 e. The van der Waals surface area contributed by atoms with Gasteiger partial charge in [-0.05, 0) is 56.8 Å². The number of aliphatic hydroxyl groups excluding tert-OH is 1. The average Bonchev–Trinajstić information content (AvgIpc) is 2.65. The van der Waals surface area contributed by atoms with Gasteiger partial charge in [0.25, 0.3) is 0 Å². The van der Waals surface area contributed by atoms with E-state index in [9.17, 15) is 5.11 Å². The Morgan fingerprint density at radius 1 is 1.23 bits per heavy atom. The predicted octanol–water partition coefficient (Wildman–Crippen LogP) is 3.43. The van der Waals surface area contributed by atoms with E-state index in [0.29, 0.717) is 5.75 Å². The van der Waals surface area contributed by atoms with Crippen LogP contribution < -0.4 is 0 Å². The highest BCUT2D eigenvalue weighted by Gasteiger charge is 2.52. The first-order valence-electron chi connectivity index (χ1n) is 7.57. The van der Waals surface area contributed by atoms with Crippen LogP contribution in [0.2, 0.25) is 0 Å². The van der Waals surface area contributed by atoms with E-state index in [2.05, 4.69) is 24.8 Å². The van der Waals surface area contributed by atoms with E-state index in [1.807, 2.05) is 46.8 Å². The highest BCUT2D eigenvalue weighted by atomic mass is 32.1. The number of aliphatic hydroxyl groups is 1. The van der Waals surface area contributed by atoms with Crippen molar-refractivity contribution in [1.29, 1.82) is 0 Å². The number of benzene rings is 1. The van der Waals surface area contributed by atoms with Gasteiger partial charge in [-0.25, -0.2) is 0 Å². The van der Waals surface area contributed by atoms with Crippen molar-refractivity contribution < 1.29 is 14.4 Å². The van der Waals surface area contributed by atoms with Gasteiger partial charge in [0.1, 0.15) is 0 Å². The molecule has 0 radical (unpaired) electrons. The van der Waals surface area contributed by atoms with E-state index in [1.54, 1.807) is 0 Å². The van der Waals surface area contributed by atoms with Crippen LogP contribution in [0.3, 0.4) is 0 Å². The molecule has 1 aromatic carbocycles. The van der Waals surface area contributed by atoms with Crippen molar-refractivity contribution in [3.63, 3.8) is 0 Å². The molecule has 120 valence electrons. The maximum Gasteiger partial charge on any atom is 0.491 e. The Labute approximate surface area is 139 Å². The number of rotatable bonds is 4. The molecule has 1 aromatic rings. The van der Waals surface area contributed by atoms with E-state index >= 15 is 0 Å². The molecule has 0 saturated carbocycles. The first-order chi connectivity index (χ1) is 10.2. The first-order valence-corrected chi connectivity index (χ1v) is 8.21. The summed E-state index contributed by atoms with van der Waals surface area (Å²) in [4.78, 5) is 0. The van der Waals surface area contributed by atoms with E-state index in [1.165, 1.54) is 0 Å². The number of hydrogen-bond donors (Lipinski definition) is 2. The Bertz CT molecular complexity index is 565. The standard InChI is InChI=1S/C17H25BO3S/c1-12-8-13(6-7-14(12)10-19)9-15(11-22)18-20-16(2,3)17(4,5)21-18/h6-9,19,22H,10-11H2,1-5H3. The molecule has 0 bridgehead atoms. The van der Waals surface area contributed by atoms with Gasteiger partial charge in [-0.15, -0.1) is 0 Å². The van der Waals surface area contributed by atoms with Gasteiger partial charge in [0.05, 0.1) is 17.8 Å². The highest BCUT2D eigenvalue weighted by molar-refractivity contribution is 7.80. The molecule has 0 aromatic heterocycles. The molecule has 0 aliphatic carbocycles. The number of aryl methyl sites for hydroxylation is 1. The molecular formula is C17H25BO3S. The molecule has 0 spiro atoms. The van der Waals surface area contributed by atoms with Crippen LogP contribution in [-0.4, -0.2) is 29.2 Å². The van der Waals surface area contributed by atoms with Crippen LogP contribution in [0.25, 0.3) is 6.08 Å². The average molecular weight is 320 g/mol. The van der Waals surface area contributed by atoms with Crippen molar-refractivity contribution in [3.05, 3.63) is 40.4 Å². The van der Waals surface area contributed by atoms with Crippen molar-refractivity contribution in [2.45, 2.75) is 52.4 Å². The molecule has 0 atom stereocenters. The van der Waals surface area contributed by atoms with Crippen molar-refractivity contribution in [2.75, 3.05) is 5.75 Å². The summed E-state index contributed by atoms with van der Waals surface area (Å²) < 4.78 is 12.2. The SMILES string of the molecule is Cc1cc(C=C(CS)B2OC(C)(C)C(C)(C)O2)ccc1CO. The lowest BCUT2D eigenvalue weighted by molar-refractivity contribution is 0.00578. The van der Waals surface area contributed by atoms with Crippen LogP contribution in [0, 0.1) is 6.92 Å². The third-order valence-electron chi connectivity index (χ3n) is 4.63. The summed E-state index contributed by atoms with van der Waals surface area (Å²) in [5.74, 6) is 0.567. The van der Waals surface area contributed by atoms with E-state index < -0.39 is 0 Å². The molecule has 0 amide bonds. The monoisotopic (exact) mass is 320 g/mol. The molecule has 3 nitrogen and oxygen atoms in total. The fourth-order valence-electron chi connectivity index (χ4n) is 2.38. The van der Waals surface area contributed by atoms with Crippen LogP contribution in [-0.2, 0) is 15.9 Å². The second kappa shape index (κ2) is 6.40. The van der Waals surface area contributed by atoms with Gasteiger partial charge >= 0.3 is 7.12 Å². The largest absolute Gasteiger partial charge is 0.491 e. The number of thiol groups is 1. The minimum Gasteiger partial charge on any atom is -0.400 e. The fourth-order valence-corrected chi connectivity index (χ4v) is 2.62. The Kier molecular flexibility index (Phi) is 5.12. The van der Waals surface area contributed by atoms with Crippen molar-refractivity contribution in [3.8, 4) is 0 Å². The topological polar surface area (TPSA) is 38.7 Å². The van der Waals surface area contributed by atoms with Crippen LogP contribution in [0.1, 0.15) is 44.4 Å². The second-order valence-electron chi connectivity index (χ2n) is 6.81. The zero-order valence-corrected chi connectivity index (χ0v) is 14.9. The van der Waals surface area contributed by atoms with Gasteiger partial charge in [0.2, 0.25) is 0 Å². The fraction of sp³-hybridized carbons (Fsp3) is 0.529. The van der Waals surface area contributed by atoms with Crippen LogP contribution in [0.15, 0.2) is 23.7 Å². The van der Waals surface area contributed by atoms with Crippen LogP contribution >= 0.6 is 12.6 Å². The molecule has 0 unspecified atom stereocenters. The zero-order valence-electron chi connectivity index (χ0n) is 14.0. The van der Waals surface area contributed by atoms with E-state index in [-0.39, 0.29) is 24.9 Å². The van der Waals surface area contributed by atoms with Crippen LogP contribution in [0.5, 0.6) is 0 Å². The van der Waals surface area contributed by atoms with E-state index in [4.69, 9.17) is 9.31 Å². The Morgan fingerprint density at radius 2 is 1.82 bits per heavy atom. The quantitative estimate of drug-likeness (QED) is 0.659. The summed E-state index contributed by atoms with van der Waals surface area (Å²) in [6, 6.07) is 6.00. The van der Waals surface area contributed by atoms with Crippen molar-refractivity contribution >= 4 is 25.8 Å². The summed E-state index contributed by atoms with van der Waals surface area (Å²) in [6.07, 6.45) is 2.06. The summed E-state index contributed by atoms with van der Waals surface area (Å²) >= 11 is 4.43. The molecule has 1 aliphatic rings. The van der Waals surface area contributed by atoms with Gasteiger partial charge in [0.15, 0.2) is 0 Å².